The molecule has 0 fully saturated rings. The van der Waals surface area contributed by atoms with Crippen molar-refractivity contribution in [1.29, 1.82) is 0 Å². The van der Waals surface area contributed by atoms with Crippen LogP contribution in [-0.2, 0) is 4.79 Å². The Balaban J connectivity index is 3.36. The molecule has 0 aliphatic rings. The molecule has 0 aliphatic heterocycles. The number of alkyl halides is 1. The number of halogens is 1. The second kappa shape index (κ2) is 13.0. The predicted octanol–water partition coefficient (Wildman–Crippen LogP) is 5.15. The van der Waals surface area contributed by atoms with Gasteiger partial charge < -0.3 is 4.90 Å². The molecule has 1 amide bonds. The number of unbranched alkanes of at least 4 members (excludes halogenated alkanes) is 8. The lowest BCUT2D eigenvalue weighted by Gasteiger charge is -2.23. The lowest BCUT2D eigenvalue weighted by atomic mass is 10.1. The smallest absolute Gasteiger partial charge is 0.222 e. The van der Waals surface area contributed by atoms with Crippen LogP contribution < -0.4 is 0 Å². The summed E-state index contributed by atoms with van der Waals surface area (Å²) in [7, 11) is 1.90. The molecule has 2 nitrogen and oxygen atoms in total. The van der Waals surface area contributed by atoms with Crippen LogP contribution in [-0.4, -0.2) is 29.2 Å². The minimum absolute atomic E-state index is 0.287. The van der Waals surface area contributed by atoms with Gasteiger partial charge in [0.25, 0.3) is 0 Å². The molecule has 0 saturated carbocycles. The number of rotatable bonds is 12. The summed E-state index contributed by atoms with van der Waals surface area (Å²) in [6.45, 7) is 4.33. The van der Waals surface area contributed by atoms with E-state index in [0.717, 1.165) is 11.8 Å². The molecule has 0 bridgehead atoms. The van der Waals surface area contributed by atoms with E-state index >= 15 is 0 Å². The number of hydrogen-bond acceptors (Lipinski definition) is 1. The van der Waals surface area contributed by atoms with Crippen molar-refractivity contribution in [3.05, 3.63) is 0 Å². The third-order valence-electron chi connectivity index (χ3n) is 3.77. The van der Waals surface area contributed by atoms with Crippen LogP contribution in [0.25, 0.3) is 0 Å². The van der Waals surface area contributed by atoms with Crippen LogP contribution in [0.3, 0.4) is 0 Å². The molecule has 0 rings (SSSR count). The summed E-state index contributed by atoms with van der Waals surface area (Å²) in [4.78, 5) is 13.7. The maximum atomic E-state index is 11.9. The SMILES string of the molecule is CCCCCCCCCCCC(=O)N(C)C(C)CBr. The first-order chi connectivity index (χ1) is 9.13. The second-order valence-electron chi connectivity index (χ2n) is 5.59. The molecule has 0 aromatic heterocycles. The van der Waals surface area contributed by atoms with Crippen molar-refractivity contribution in [2.24, 2.45) is 0 Å². The molecule has 114 valence electrons. The van der Waals surface area contributed by atoms with Crippen LogP contribution in [0.15, 0.2) is 0 Å². The zero-order valence-corrected chi connectivity index (χ0v) is 14.7. The minimum Gasteiger partial charge on any atom is -0.342 e. The molecule has 0 heterocycles. The Morgan fingerprint density at radius 2 is 1.47 bits per heavy atom. The first-order valence-corrected chi connectivity index (χ1v) is 9.07. The highest BCUT2D eigenvalue weighted by molar-refractivity contribution is 9.09. The van der Waals surface area contributed by atoms with Crippen LogP contribution in [0, 0.1) is 0 Å². The van der Waals surface area contributed by atoms with Gasteiger partial charge in [0.05, 0.1) is 0 Å². The van der Waals surface area contributed by atoms with E-state index in [0.29, 0.717) is 12.5 Å². The molecule has 1 atom stereocenters. The molecule has 3 heteroatoms. The number of amides is 1. The molecular formula is C16H32BrNO. The van der Waals surface area contributed by atoms with Gasteiger partial charge in [-0.1, -0.05) is 74.2 Å². The van der Waals surface area contributed by atoms with Gasteiger partial charge in [-0.25, -0.2) is 0 Å². The van der Waals surface area contributed by atoms with Gasteiger partial charge in [0, 0.05) is 24.8 Å². The second-order valence-corrected chi connectivity index (χ2v) is 6.23. The van der Waals surface area contributed by atoms with Crippen molar-refractivity contribution in [3.63, 3.8) is 0 Å². The van der Waals surface area contributed by atoms with Gasteiger partial charge in [0.2, 0.25) is 5.91 Å². The van der Waals surface area contributed by atoms with Crippen LogP contribution in [0.4, 0.5) is 0 Å². The summed E-state index contributed by atoms with van der Waals surface area (Å²) in [5.74, 6) is 0.287. The van der Waals surface area contributed by atoms with Crippen molar-refractivity contribution in [2.45, 2.75) is 84.1 Å². The summed E-state index contributed by atoms with van der Waals surface area (Å²) in [6, 6.07) is 0.297. The van der Waals surface area contributed by atoms with E-state index in [1.165, 1.54) is 51.4 Å². The summed E-state index contributed by atoms with van der Waals surface area (Å²) in [6.07, 6.45) is 12.4. The number of carbonyl (C=O) groups is 1. The van der Waals surface area contributed by atoms with Crippen LogP contribution in [0.1, 0.15) is 78.1 Å². The molecule has 0 aromatic carbocycles. The standard InChI is InChI=1S/C16H32BrNO/c1-4-5-6-7-8-9-10-11-12-13-16(19)18(3)15(2)14-17/h15H,4-14H2,1-3H3. The Kier molecular flexibility index (Phi) is 12.9. The molecule has 0 radical (unpaired) electrons. The third-order valence-corrected chi connectivity index (χ3v) is 4.71. The Labute approximate surface area is 128 Å². The highest BCUT2D eigenvalue weighted by atomic mass is 79.9. The fraction of sp³-hybridized carbons (Fsp3) is 0.938. The van der Waals surface area contributed by atoms with Gasteiger partial charge in [-0.05, 0) is 13.3 Å². The minimum atomic E-state index is 0.287. The lowest BCUT2D eigenvalue weighted by Crippen LogP contribution is -2.35. The Morgan fingerprint density at radius 3 is 1.95 bits per heavy atom. The van der Waals surface area contributed by atoms with E-state index in [4.69, 9.17) is 0 Å². The topological polar surface area (TPSA) is 20.3 Å². The molecule has 1 unspecified atom stereocenters. The predicted molar refractivity (Wildman–Crippen MR) is 87.9 cm³/mol. The average Bonchev–Trinajstić information content (AvgIpc) is 2.43. The zero-order chi connectivity index (χ0) is 14.5. The van der Waals surface area contributed by atoms with E-state index < -0.39 is 0 Å². The van der Waals surface area contributed by atoms with E-state index in [1.807, 2.05) is 11.9 Å². The van der Waals surface area contributed by atoms with Crippen LogP contribution >= 0.6 is 15.9 Å². The molecule has 19 heavy (non-hydrogen) atoms. The average molecular weight is 334 g/mol. The van der Waals surface area contributed by atoms with Gasteiger partial charge in [-0.15, -0.1) is 0 Å². The van der Waals surface area contributed by atoms with Gasteiger partial charge in [-0.2, -0.15) is 0 Å². The largest absolute Gasteiger partial charge is 0.342 e. The zero-order valence-electron chi connectivity index (χ0n) is 13.1. The molecule has 0 spiro atoms. The first-order valence-electron chi connectivity index (χ1n) is 7.95. The van der Waals surface area contributed by atoms with E-state index in [2.05, 4.69) is 29.8 Å². The highest BCUT2D eigenvalue weighted by Crippen LogP contribution is 2.11. The van der Waals surface area contributed by atoms with Crippen molar-refractivity contribution in [1.82, 2.24) is 4.90 Å². The molecule has 0 aliphatic carbocycles. The maximum absolute atomic E-state index is 11.9. The summed E-state index contributed by atoms with van der Waals surface area (Å²) in [5, 5.41) is 0.854. The lowest BCUT2D eigenvalue weighted by molar-refractivity contribution is -0.131. The summed E-state index contributed by atoms with van der Waals surface area (Å²) >= 11 is 3.42. The highest BCUT2D eigenvalue weighted by Gasteiger charge is 2.13. The number of carbonyl (C=O) groups excluding carboxylic acids is 1. The van der Waals surface area contributed by atoms with Crippen molar-refractivity contribution < 1.29 is 4.79 Å². The van der Waals surface area contributed by atoms with Crippen molar-refractivity contribution in [3.8, 4) is 0 Å². The Hall–Kier alpha value is -0.0500. The molecule has 0 N–H and O–H groups in total. The van der Waals surface area contributed by atoms with Crippen LogP contribution in [0.2, 0.25) is 0 Å². The summed E-state index contributed by atoms with van der Waals surface area (Å²) in [5.41, 5.74) is 0. The van der Waals surface area contributed by atoms with Gasteiger partial charge >= 0.3 is 0 Å². The third kappa shape index (κ3) is 10.4. The summed E-state index contributed by atoms with van der Waals surface area (Å²) < 4.78 is 0. The molecule has 0 aromatic rings. The maximum Gasteiger partial charge on any atom is 0.222 e. The quantitative estimate of drug-likeness (QED) is 0.357. The normalized spacial score (nSPS) is 12.4. The van der Waals surface area contributed by atoms with Crippen LogP contribution in [0.5, 0.6) is 0 Å². The van der Waals surface area contributed by atoms with Gasteiger partial charge in [0.1, 0.15) is 0 Å². The Bertz CT molecular complexity index is 221. The Morgan fingerprint density at radius 1 is 1.00 bits per heavy atom. The number of nitrogens with zero attached hydrogens (tertiary/aromatic N) is 1. The molecular weight excluding hydrogens is 302 g/mol. The number of hydrogen-bond donors (Lipinski definition) is 0. The fourth-order valence-corrected chi connectivity index (χ4v) is 2.55. The van der Waals surface area contributed by atoms with E-state index in [9.17, 15) is 4.79 Å². The van der Waals surface area contributed by atoms with Crippen molar-refractivity contribution >= 4 is 21.8 Å². The van der Waals surface area contributed by atoms with Crippen molar-refractivity contribution in [2.75, 3.05) is 12.4 Å². The fourth-order valence-electron chi connectivity index (χ4n) is 2.11. The van der Waals surface area contributed by atoms with E-state index in [1.54, 1.807) is 0 Å². The van der Waals surface area contributed by atoms with Gasteiger partial charge in [-0.3, -0.25) is 4.79 Å². The van der Waals surface area contributed by atoms with E-state index in [-0.39, 0.29) is 5.91 Å². The monoisotopic (exact) mass is 333 g/mol. The van der Waals surface area contributed by atoms with Gasteiger partial charge in [0.15, 0.2) is 0 Å². The molecule has 0 saturated heterocycles. The first kappa shape index (κ1) is 18.9.